The van der Waals surface area contributed by atoms with Gasteiger partial charge in [-0.25, -0.2) is 0 Å². The molecule has 0 aromatic heterocycles. The van der Waals surface area contributed by atoms with Crippen LogP contribution in [-0.4, -0.2) is 18.6 Å². The lowest BCUT2D eigenvalue weighted by Gasteiger charge is -2.28. The number of para-hydroxylation sites is 1. The highest BCUT2D eigenvalue weighted by Crippen LogP contribution is 2.23. The van der Waals surface area contributed by atoms with Crippen LogP contribution in [0, 0.1) is 0 Å². The summed E-state index contributed by atoms with van der Waals surface area (Å²) in [5.74, 6) is 0.793. The molecule has 0 atom stereocenters. The van der Waals surface area contributed by atoms with Gasteiger partial charge < -0.3 is 24.4 Å². The number of amides is 1. The monoisotopic (exact) mass is 361 g/mol. The fraction of sp³-hybridized carbons (Fsp3) is 0.278. The van der Waals surface area contributed by atoms with Crippen LogP contribution in [0.1, 0.15) is 18.4 Å². The van der Waals surface area contributed by atoms with E-state index >= 15 is 0 Å². The highest BCUT2D eigenvalue weighted by Gasteiger charge is 2.03. The Bertz CT molecular complexity index is 729. The maximum absolute atomic E-state index is 11.2. The Kier molecular flexibility index (Phi) is 7.19. The van der Waals surface area contributed by atoms with Crippen molar-refractivity contribution in [3.05, 3.63) is 60.2 Å². The largest absolute Gasteiger partial charge is 0.810 e. The normalized spacial score (nSPS) is 11.1. The van der Waals surface area contributed by atoms with E-state index in [4.69, 9.17) is 4.74 Å². The summed E-state index contributed by atoms with van der Waals surface area (Å²) in [5, 5.41) is 2.43. The Morgan fingerprint density at radius 1 is 1.00 bits per heavy atom. The van der Waals surface area contributed by atoms with Gasteiger partial charge >= 0.3 is 0 Å². The third-order valence-corrected chi connectivity index (χ3v) is 4.10. The molecule has 2 aromatic carbocycles. The van der Waals surface area contributed by atoms with Gasteiger partial charge in [0, 0.05) is 6.54 Å². The molecule has 1 N–H and O–H groups in total. The Morgan fingerprint density at radius 3 is 2.44 bits per heavy atom. The first-order valence-corrected chi connectivity index (χ1v) is 9.75. The minimum Gasteiger partial charge on any atom is -0.810 e. The van der Waals surface area contributed by atoms with Gasteiger partial charge in [-0.15, -0.1) is 0 Å². The molecule has 0 fully saturated rings. The SMILES string of the molecule is O=C(CP(=O)([O-])[O-])NCCCCc1cccc(Oc2ccccc2)c1. The smallest absolute Gasteiger partial charge is 0.225 e. The van der Waals surface area contributed by atoms with E-state index in [9.17, 15) is 19.1 Å². The Labute approximate surface area is 147 Å². The fourth-order valence-corrected chi connectivity index (χ4v) is 2.77. The quantitative estimate of drug-likeness (QED) is 0.542. The third kappa shape index (κ3) is 7.98. The first-order chi connectivity index (χ1) is 11.9. The number of nitrogens with one attached hydrogen (secondary N) is 1. The minimum absolute atomic E-state index is 0.346. The lowest BCUT2D eigenvalue weighted by Crippen LogP contribution is -2.32. The topological polar surface area (TPSA) is 102 Å². The van der Waals surface area contributed by atoms with Gasteiger partial charge in [0.25, 0.3) is 0 Å². The highest BCUT2D eigenvalue weighted by molar-refractivity contribution is 7.49. The van der Waals surface area contributed by atoms with Crippen LogP contribution in [0.15, 0.2) is 54.6 Å². The van der Waals surface area contributed by atoms with Gasteiger partial charge in [0.1, 0.15) is 11.5 Å². The summed E-state index contributed by atoms with van der Waals surface area (Å²) in [6.07, 6.45) is 1.34. The van der Waals surface area contributed by atoms with Crippen molar-refractivity contribution in [3.63, 3.8) is 0 Å². The number of benzene rings is 2. The predicted octanol–water partition coefficient (Wildman–Crippen LogP) is 1.83. The van der Waals surface area contributed by atoms with Crippen LogP contribution in [-0.2, 0) is 15.8 Å². The molecule has 25 heavy (non-hydrogen) atoms. The van der Waals surface area contributed by atoms with Gasteiger partial charge in [0.15, 0.2) is 0 Å². The van der Waals surface area contributed by atoms with Crippen molar-refractivity contribution in [2.45, 2.75) is 19.3 Å². The molecule has 0 aliphatic carbocycles. The van der Waals surface area contributed by atoms with Gasteiger partial charge in [-0.1, -0.05) is 37.9 Å². The molecule has 2 aromatic rings. The van der Waals surface area contributed by atoms with E-state index in [2.05, 4.69) is 5.32 Å². The first kappa shape index (κ1) is 19.2. The summed E-state index contributed by atoms with van der Waals surface area (Å²) in [4.78, 5) is 32.2. The Morgan fingerprint density at radius 2 is 1.72 bits per heavy atom. The lowest BCUT2D eigenvalue weighted by atomic mass is 10.1. The van der Waals surface area contributed by atoms with Crippen LogP contribution >= 0.6 is 7.60 Å². The molecular weight excluding hydrogens is 341 g/mol. The maximum atomic E-state index is 11.2. The van der Waals surface area contributed by atoms with Crippen molar-refractivity contribution in [3.8, 4) is 11.5 Å². The van der Waals surface area contributed by atoms with Crippen molar-refractivity contribution in [1.29, 1.82) is 0 Å². The highest BCUT2D eigenvalue weighted by atomic mass is 31.2. The zero-order valence-corrected chi connectivity index (χ0v) is 14.6. The summed E-state index contributed by atoms with van der Waals surface area (Å²) in [6.45, 7) is 0.346. The number of carbonyl (C=O) groups is 1. The van der Waals surface area contributed by atoms with E-state index in [1.165, 1.54) is 0 Å². The van der Waals surface area contributed by atoms with Crippen LogP contribution in [0.25, 0.3) is 0 Å². The van der Waals surface area contributed by atoms with Gasteiger partial charge in [0.2, 0.25) is 5.91 Å². The molecule has 0 aliphatic rings. The molecule has 7 heteroatoms. The molecule has 2 rings (SSSR count). The molecule has 0 radical (unpaired) electrons. The van der Waals surface area contributed by atoms with E-state index in [1.54, 1.807) is 0 Å². The molecule has 0 heterocycles. The van der Waals surface area contributed by atoms with Crippen LogP contribution in [0.2, 0.25) is 0 Å². The Hall–Kier alpha value is -2.14. The zero-order chi connectivity index (χ0) is 18.1. The number of carbonyl (C=O) groups excluding carboxylic acids is 1. The van der Waals surface area contributed by atoms with Gasteiger partial charge in [-0.2, -0.15) is 0 Å². The minimum atomic E-state index is -4.79. The lowest BCUT2D eigenvalue weighted by molar-refractivity contribution is -0.312. The van der Waals surface area contributed by atoms with Gasteiger partial charge in [-0.05, 0) is 49.1 Å². The van der Waals surface area contributed by atoms with Gasteiger partial charge in [0.05, 0.1) is 6.16 Å². The third-order valence-electron chi connectivity index (χ3n) is 3.43. The molecule has 0 spiro atoms. The van der Waals surface area contributed by atoms with E-state index in [1.807, 2.05) is 54.6 Å². The summed E-state index contributed by atoms with van der Waals surface area (Å²) in [6, 6.07) is 17.3. The summed E-state index contributed by atoms with van der Waals surface area (Å²) < 4.78 is 16.3. The van der Waals surface area contributed by atoms with E-state index in [0.29, 0.717) is 13.0 Å². The summed E-state index contributed by atoms with van der Waals surface area (Å²) in [7, 11) is -4.79. The molecule has 0 saturated heterocycles. The van der Waals surface area contributed by atoms with Crippen molar-refractivity contribution in [2.75, 3.05) is 12.7 Å². The van der Waals surface area contributed by atoms with Gasteiger partial charge in [-0.3, -0.25) is 4.79 Å². The van der Waals surface area contributed by atoms with Crippen molar-refractivity contribution >= 4 is 13.5 Å². The standard InChI is InChI=1S/C18H22NO5P/c20-18(14-25(21,22)23)19-12-5-4-7-15-8-6-11-17(13-15)24-16-9-2-1-3-10-16/h1-3,6,8-11,13H,4-5,7,12,14H2,(H,19,20)(H2,21,22,23)/p-2. The van der Waals surface area contributed by atoms with Crippen molar-refractivity contribution in [1.82, 2.24) is 5.32 Å². The number of ether oxygens (including phenoxy) is 1. The zero-order valence-electron chi connectivity index (χ0n) is 13.7. The number of aryl methyl sites for hydroxylation is 1. The number of hydrogen-bond acceptors (Lipinski definition) is 5. The van der Waals surface area contributed by atoms with Crippen LogP contribution in [0.4, 0.5) is 0 Å². The molecule has 6 nitrogen and oxygen atoms in total. The number of unbranched alkanes of at least 4 members (excludes halogenated alkanes) is 1. The van der Waals surface area contributed by atoms with Crippen LogP contribution < -0.4 is 19.8 Å². The number of hydrogen-bond donors (Lipinski definition) is 1. The Balaban J connectivity index is 1.72. The predicted molar refractivity (Wildman–Crippen MR) is 91.4 cm³/mol. The van der Waals surface area contributed by atoms with Crippen molar-refractivity contribution < 1.29 is 23.9 Å². The van der Waals surface area contributed by atoms with E-state index < -0.39 is 19.7 Å². The fourth-order valence-electron chi connectivity index (χ4n) is 2.30. The first-order valence-electron chi connectivity index (χ1n) is 8.02. The summed E-state index contributed by atoms with van der Waals surface area (Å²) in [5.41, 5.74) is 1.11. The molecule has 0 unspecified atom stereocenters. The summed E-state index contributed by atoms with van der Waals surface area (Å²) >= 11 is 0. The molecule has 1 amide bonds. The molecular formula is C18H20NO5P-2. The molecule has 0 saturated carbocycles. The van der Waals surface area contributed by atoms with Crippen molar-refractivity contribution in [2.24, 2.45) is 0 Å². The van der Waals surface area contributed by atoms with E-state index in [0.717, 1.165) is 29.9 Å². The number of rotatable bonds is 9. The second-order valence-electron chi connectivity index (χ2n) is 5.64. The van der Waals surface area contributed by atoms with Crippen LogP contribution in [0.3, 0.4) is 0 Å². The molecule has 0 bridgehead atoms. The second-order valence-corrected chi connectivity index (χ2v) is 7.18. The second kappa shape index (κ2) is 9.37. The van der Waals surface area contributed by atoms with E-state index in [-0.39, 0.29) is 0 Å². The molecule has 0 aliphatic heterocycles. The molecule has 134 valence electrons. The average molecular weight is 361 g/mol. The van der Waals surface area contributed by atoms with Crippen LogP contribution in [0.5, 0.6) is 11.5 Å². The average Bonchev–Trinajstić information content (AvgIpc) is 2.54. The maximum Gasteiger partial charge on any atom is 0.225 e.